The van der Waals surface area contributed by atoms with Gasteiger partial charge in [-0.05, 0) is 24.3 Å². The van der Waals surface area contributed by atoms with E-state index in [4.69, 9.17) is 18.9 Å². The Morgan fingerprint density at radius 3 is 1.28 bits per heavy atom. The third-order valence-electron chi connectivity index (χ3n) is 3.52. The molecule has 0 aromatic heterocycles. The van der Waals surface area contributed by atoms with Crippen LogP contribution < -0.4 is 10.6 Å². The van der Waals surface area contributed by atoms with E-state index in [0.717, 1.165) is 12.2 Å². The van der Waals surface area contributed by atoms with Gasteiger partial charge in [0.2, 0.25) is 0 Å². The maximum absolute atomic E-state index is 11.5. The van der Waals surface area contributed by atoms with Crippen LogP contribution in [0.15, 0.2) is 72.8 Å². The number of hydrogen-bond acceptors (Lipinski definition) is 8. The van der Waals surface area contributed by atoms with Crippen molar-refractivity contribution in [1.82, 2.24) is 0 Å². The number of carbonyl (C=O) groups is 4. The predicted molar refractivity (Wildman–Crippen MR) is 114 cm³/mol. The summed E-state index contributed by atoms with van der Waals surface area (Å²) in [6.45, 7) is -0.703. The van der Waals surface area contributed by atoms with E-state index in [0.29, 0.717) is 11.4 Å². The number of ether oxygens (including phenoxy) is 4. The first kappa shape index (κ1) is 23.9. The number of para-hydroxylation sites is 2. The van der Waals surface area contributed by atoms with Gasteiger partial charge in [0.25, 0.3) is 0 Å². The van der Waals surface area contributed by atoms with Crippen LogP contribution in [0, 0.1) is 0 Å². The monoisotopic (exact) mass is 442 g/mol. The minimum atomic E-state index is -0.812. The minimum Gasteiger partial charge on any atom is -0.459 e. The number of hydrogen-bond donors (Lipinski definition) is 2. The van der Waals surface area contributed by atoms with E-state index in [1.165, 1.54) is 0 Å². The molecule has 0 fully saturated rings. The molecule has 10 nitrogen and oxygen atoms in total. The molecule has 10 heteroatoms. The molecular formula is C22H22N2O8. The van der Waals surface area contributed by atoms with E-state index in [1.54, 1.807) is 60.7 Å². The zero-order valence-corrected chi connectivity index (χ0v) is 17.0. The highest BCUT2D eigenvalue weighted by Gasteiger charge is 2.06. The van der Waals surface area contributed by atoms with Gasteiger partial charge in [0.15, 0.2) is 0 Å². The molecule has 2 rings (SSSR count). The lowest BCUT2D eigenvalue weighted by Crippen LogP contribution is -2.18. The summed E-state index contributed by atoms with van der Waals surface area (Å²) < 4.78 is 19.3. The Bertz CT molecular complexity index is 841. The number of amides is 2. The maximum Gasteiger partial charge on any atom is 0.411 e. The van der Waals surface area contributed by atoms with Gasteiger partial charge in [-0.15, -0.1) is 0 Å². The van der Waals surface area contributed by atoms with Crippen molar-refractivity contribution in [2.24, 2.45) is 0 Å². The summed E-state index contributed by atoms with van der Waals surface area (Å²) in [5.74, 6) is -1.62. The molecular weight excluding hydrogens is 420 g/mol. The van der Waals surface area contributed by atoms with Crippen LogP contribution in [0.4, 0.5) is 21.0 Å². The first-order valence-electron chi connectivity index (χ1n) is 9.52. The molecule has 2 N–H and O–H groups in total. The van der Waals surface area contributed by atoms with E-state index in [-0.39, 0.29) is 26.4 Å². The second-order valence-corrected chi connectivity index (χ2v) is 5.92. The van der Waals surface area contributed by atoms with Crippen molar-refractivity contribution in [3.63, 3.8) is 0 Å². The molecule has 0 bridgehead atoms. The first-order chi connectivity index (χ1) is 15.5. The van der Waals surface area contributed by atoms with Crippen LogP contribution in [-0.4, -0.2) is 50.6 Å². The molecule has 0 saturated carbocycles. The zero-order valence-electron chi connectivity index (χ0n) is 17.0. The van der Waals surface area contributed by atoms with Crippen molar-refractivity contribution in [1.29, 1.82) is 0 Å². The van der Waals surface area contributed by atoms with Gasteiger partial charge >= 0.3 is 24.1 Å². The molecule has 0 atom stereocenters. The predicted octanol–water partition coefficient (Wildman–Crippen LogP) is 3.13. The average Bonchev–Trinajstić information content (AvgIpc) is 2.79. The Hall–Kier alpha value is -4.34. The van der Waals surface area contributed by atoms with Crippen molar-refractivity contribution in [3.05, 3.63) is 72.8 Å². The van der Waals surface area contributed by atoms with E-state index >= 15 is 0 Å². The number of carbonyl (C=O) groups excluding carboxylic acids is 4. The zero-order chi connectivity index (χ0) is 23.0. The number of benzene rings is 2. The van der Waals surface area contributed by atoms with Gasteiger partial charge in [0.1, 0.15) is 26.4 Å². The molecule has 0 spiro atoms. The largest absolute Gasteiger partial charge is 0.459 e. The SMILES string of the molecule is O=C(/C=C/C(=O)OCCOC(=O)Nc1ccccc1)OCCOC(=O)Nc1ccccc1. The molecule has 0 saturated heterocycles. The lowest BCUT2D eigenvalue weighted by Gasteiger charge is -2.07. The van der Waals surface area contributed by atoms with E-state index in [2.05, 4.69) is 10.6 Å². The van der Waals surface area contributed by atoms with Crippen molar-refractivity contribution in [2.45, 2.75) is 0 Å². The number of rotatable bonds is 10. The molecule has 2 aromatic carbocycles. The molecule has 0 aliphatic heterocycles. The summed E-state index contributed by atoms with van der Waals surface area (Å²) in [6, 6.07) is 17.4. The number of nitrogens with one attached hydrogen (secondary N) is 2. The third kappa shape index (κ3) is 10.4. The molecule has 168 valence electrons. The van der Waals surface area contributed by atoms with E-state index < -0.39 is 24.1 Å². The smallest absolute Gasteiger partial charge is 0.411 e. The van der Waals surface area contributed by atoms with E-state index in [9.17, 15) is 19.2 Å². The third-order valence-corrected chi connectivity index (χ3v) is 3.52. The fourth-order valence-corrected chi connectivity index (χ4v) is 2.14. The standard InChI is InChI=1S/C22H22N2O8/c25-19(29-13-15-31-21(27)23-17-7-3-1-4-8-17)11-12-20(26)30-14-16-32-22(28)24-18-9-5-2-6-10-18/h1-12H,13-16H2,(H,23,27)(H,24,28)/b12-11+. The van der Waals surface area contributed by atoms with Gasteiger partial charge in [-0.25, -0.2) is 19.2 Å². The molecule has 2 amide bonds. The summed E-state index contributed by atoms with van der Waals surface area (Å²) in [6.07, 6.45) is 0.363. The summed E-state index contributed by atoms with van der Waals surface area (Å²) >= 11 is 0. The normalized spacial score (nSPS) is 10.1. The molecule has 0 heterocycles. The Balaban J connectivity index is 1.51. The maximum atomic E-state index is 11.5. The van der Waals surface area contributed by atoms with Gasteiger partial charge < -0.3 is 18.9 Å². The Kier molecular flexibility index (Phi) is 10.3. The lowest BCUT2D eigenvalue weighted by molar-refractivity contribution is -0.141. The Morgan fingerprint density at radius 2 is 0.906 bits per heavy atom. The van der Waals surface area contributed by atoms with Crippen LogP contribution in [0.2, 0.25) is 0 Å². The van der Waals surface area contributed by atoms with Gasteiger partial charge in [-0.3, -0.25) is 10.6 Å². The first-order valence-corrected chi connectivity index (χ1v) is 9.52. The van der Waals surface area contributed by atoms with Crippen molar-refractivity contribution >= 4 is 35.5 Å². The van der Waals surface area contributed by atoms with Crippen molar-refractivity contribution in [2.75, 3.05) is 37.1 Å². The fraction of sp³-hybridized carbons (Fsp3) is 0.182. The topological polar surface area (TPSA) is 129 Å². The fourth-order valence-electron chi connectivity index (χ4n) is 2.14. The van der Waals surface area contributed by atoms with Gasteiger partial charge in [0, 0.05) is 23.5 Å². The molecule has 0 aliphatic rings. The number of esters is 2. The Labute approximate surface area is 184 Å². The lowest BCUT2D eigenvalue weighted by atomic mass is 10.3. The minimum absolute atomic E-state index is 0.162. The second kappa shape index (κ2) is 13.8. The number of anilines is 2. The van der Waals surface area contributed by atoms with Gasteiger partial charge in [-0.2, -0.15) is 0 Å². The average molecular weight is 442 g/mol. The van der Waals surface area contributed by atoms with Crippen LogP contribution in [0.1, 0.15) is 0 Å². The molecule has 0 radical (unpaired) electrons. The summed E-state index contributed by atoms with van der Waals surface area (Å²) in [4.78, 5) is 46.1. The van der Waals surface area contributed by atoms with Crippen LogP contribution in [0.3, 0.4) is 0 Å². The second-order valence-electron chi connectivity index (χ2n) is 5.92. The highest BCUT2D eigenvalue weighted by molar-refractivity contribution is 5.91. The molecule has 0 unspecified atom stereocenters. The van der Waals surface area contributed by atoms with Crippen LogP contribution in [0.25, 0.3) is 0 Å². The summed E-state index contributed by atoms with van der Waals surface area (Å²) in [7, 11) is 0. The molecule has 32 heavy (non-hydrogen) atoms. The van der Waals surface area contributed by atoms with E-state index in [1.807, 2.05) is 0 Å². The highest BCUT2D eigenvalue weighted by atomic mass is 16.6. The molecule has 2 aromatic rings. The quantitative estimate of drug-likeness (QED) is 0.248. The van der Waals surface area contributed by atoms with Crippen LogP contribution in [-0.2, 0) is 28.5 Å². The van der Waals surface area contributed by atoms with Gasteiger partial charge in [0.05, 0.1) is 0 Å². The van der Waals surface area contributed by atoms with Crippen molar-refractivity contribution in [3.8, 4) is 0 Å². The van der Waals surface area contributed by atoms with Crippen LogP contribution in [0.5, 0.6) is 0 Å². The summed E-state index contributed by atoms with van der Waals surface area (Å²) in [5, 5.41) is 5.00. The molecule has 0 aliphatic carbocycles. The highest BCUT2D eigenvalue weighted by Crippen LogP contribution is 2.06. The summed E-state index contributed by atoms with van der Waals surface area (Å²) in [5.41, 5.74) is 1.14. The van der Waals surface area contributed by atoms with Gasteiger partial charge in [-0.1, -0.05) is 36.4 Å². The van der Waals surface area contributed by atoms with Crippen LogP contribution >= 0.6 is 0 Å². The Morgan fingerprint density at radius 1 is 0.562 bits per heavy atom. The van der Waals surface area contributed by atoms with Crippen molar-refractivity contribution < 1.29 is 38.1 Å².